The molecule has 0 aliphatic heterocycles. The molecule has 0 aromatic heterocycles. The lowest BCUT2D eigenvalue weighted by atomic mass is 10.1. The molecule has 0 bridgehead atoms. The van der Waals surface area contributed by atoms with Crippen LogP contribution in [0, 0.1) is 6.92 Å². The molecule has 0 saturated heterocycles. The molecule has 3 amide bonds. The molecule has 28 heavy (non-hydrogen) atoms. The summed E-state index contributed by atoms with van der Waals surface area (Å²) in [6.07, 6.45) is 4.18. The zero-order valence-corrected chi connectivity index (χ0v) is 16.6. The SMILES string of the molecule is Cc1ccc(NC(=O)N(Cc2ccc(C(=O)NC3CC3)cc2)C2CC2)cc1Cl. The molecule has 2 N–H and O–H groups in total. The molecule has 5 nitrogen and oxygen atoms in total. The number of rotatable bonds is 6. The summed E-state index contributed by atoms with van der Waals surface area (Å²) >= 11 is 6.16. The Kier molecular flexibility index (Phi) is 5.27. The highest BCUT2D eigenvalue weighted by atomic mass is 35.5. The lowest BCUT2D eigenvalue weighted by Gasteiger charge is -2.23. The molecule has 0 radical (unpaired) electrons. The van der Waals surface area contributed by atoms with Gasteiger partial charge in [-0.1, -0.05) is 29.8 Å². The summed E-state index contributed by atoms with van der Waals surface area (Å²) in [4.78, 5) is 26.8. The van der Waals surface area contributed by atoms with Gasteiger partial charge in [-0.2, -0.15) is 0 Å². The van der Waals surface area contributed by atoms with Crippen molar-refractivity contribution in [2.75, 3.05) is 5.32 Å². The number of aryl methyl sites for hydroxylation is 1. The third-order valence-corrected chi connectivity index (χ3v) is 5.56. The minimum atomic E-state index is -0.127. The summed E-state index contributed by atoms with van der Waals surface area (Å²) in [7, 11) is 0. The van der Waals surface area contributed by atoms with Crippen LogP contribution in [0.25, 0.3) is 0 Å². The second kappa shape index (κ2) is 7.84. The van der Waals surface area contributed by atoms with Crippen LogP contribution in [0.3, 0.4) is 0 Å². The molecule has 0 atom stereocenters. The average Bonchev–Trinajstić information content (AvgIpc) is 3.58. The zero-order valence-electron chi connectivity index (χ0n) is 15.9. The van der Waals surface area contributed by atoms with E-state index < -0.39 is 0 Å². The van der Waals surface area contributed by atoms with E-state index in [0.29, 0.717) is 28.9 Å². The van der Waals surface area contributed by atoms with E-state index in [9.17, 15) is 9.59 Å². The molecule has 146 valence electrons. The van der Waals surface area contributed by atoms with Gasteiger partial charge in [0.05, 0.1) is 0 Å². The number of nitrogens with zero attached hydrogens (tertiary/aromatic N) is 1. The van der Waals surface area contributed by atoms with E-state index in [1.807, 2.05) is 48.2 Å². The number of nitrogens with one attached hydrogen (secondary N) is 2. The van der Waals surface area contributed by atoms with Crippen LogP contribution in [0.5, 0.6) is 0 Å². The number of benzene rings is 2. The van der Waals surface area contributed by atoms with E-state index in [1.165, 1.54) is 0 Å². The quantitative estimate of drug-likeness (QED) is 0.739. The average molecular weight is 398 g/mol. The number of urea groups is 1. The number of halogens is 1. The van der Waals surface area contributed by atoms with Crippen LogP contribution in [-0.2, 0) is 6.54 Å². The smallest absolute Gasteiger partial charge is 0.322 e. The monoisotopic (exact) mass is 397 g/mol. The Bertz CT molecular complexity index is 889. The molecule has 2 aliphatic rings. The normalized spacial score (nSPS) is 15.8. The van der Waals surface area contributed by atoms with E-state index in [4.69, 9.17) is 11.6 Å². The number of carbonyl (C=O) groups excluding carboxylic acids is 2. The number of hydrogen-bond acceptors (Lipinski definition) is 2. The van der Waals surface area contributed by atoms with Crippen molar-refractivity contribution in [1.29, 1.82) is 0 Å². The van der Waals surface area contributed by atoms with Crippen molar-refractivity contribution in [3.63, 3.8) is 0 Å². The van der Waals surface area contributed by atoms with Crippen LogP contribution in [-0.4, -0.2) is 28.9 Å². The number of amides is 3. The number of hydrogen-bond donors (Lipinski definition) is 2. The molecule has 2 aromatic carbocycles. The Hall–Kier alpha value is -2.53. The van der Waals surface area contributed by atoms with Gasteiger partial charge in [-0.15, -0.1) is 0 Å². The molecule has 2 aromatic rings. The Labute approximate surface area is 170 Å². The highest BCUT2D eigenvalue weighted by molar-refractivity contribution is 6.31. The summed E-state index contributed by atoms with van der Waals surface area (Å²) in [5.41, 5.74) is 3.34. The fourth-order valence-corrected chi connectivity index (χ4v) is 3.25. The number of carbonyl (C=O) groups is 2. The van der Waals surface area contributed by atoms with E-state index in [1.54, 1.807) is 6.07 Å². The van der Waals surface area contributed by atoms with Crippen LogP contribution < -0.4 is 10.6 Å². The van der Waals surface area contributed by atoms with E-state index in [0.717, 1.165) is 36.8 Å². The van der Waals surface area contributed by atoms with E-state index in [-0.39, 0.29) is 18.0 Å². The first-order valence-corrected chi connectivity index (χ1v) is 10.1. The minimum absolute atomic E-state index is 0.0258. The lowest BCUT2D eigenvalue weighted by Crippen LogP contribution is -2.36. The van der Waals surface area contributed by atoms with Gasteiger partial charge in [-0.25, -0.2) is 4.79 Å². The second-order valence-electron chi connectivity index (χ2n) is 7.70. The van der Waals surface area contributed by atoms with Crippen molar-refractivity contribution < 1.29 is 9.59 Å². The van der Waals surface area contributed by atoms with Gasteiger partial charge in [0.2, 0.25) is 0 Å². The lowest BCUT2D eigenvalue weighted by molar-refractivity contribution is 0.0951. The fourth-order valence-electron chi connectivity index (χ4n) is 3.07. The topological polar surface area (TPSA) is 61.4 Å². The minimum Gasteiger partial charge on any atom is -0.349 e. The molecule has 6 heteroatoms. The van der Waals surface area contributed by atoms with Crippen LogP contribution >= 0.6 is 11.6 Å². The second-order valence-corrected chi connectivity index (χ2v) is 8.11. The maximum absolute atomic E-state index is 12.8. The zero-order chi connectivity index (χ0) is 19.7. The van der Waals surface area contributed by atoms with Crippen molar-refractivity contribution >= 4 is 29.2 Å². The van der Waals surface area contributed by atoms with E-state index >= 15 is 0 Å². The molecule has 0 unspecified atom stereocenters. The van der Waals surface area contributed by atoms with Gasteiger partial charge in [0.1, 0.15) is 0 Å². The van der Waals surface area contributed by atoms with Gasteiger partial charge in [0.15, 0.2) is 0 Å². The first kappa shape index (κ1) is 18.8. The van der Waals surface area contributed by atoms with Gasteiger partial charge < -0.3 is 15.5 Å². The summed E-state index contributed by atoms with van der Waals surface area (Å²) in [5, 5.41) is 6.57. The van der Waals surface area contributed by atoms with Crippen LogP contribution in [0.1, 0.15) is 47.2 Å². The van der Waals surface area contributed by atoms with Crippen molar-refractivity contribution in [3.8, 4) is 0 Å². The van der Waals surface area contributed by atoms with Gasteiger partial charge in [0, 0.05) is 34.9 Å². The van der Waals surface area contributed by atoms with Crippen LogP contribution in [0.4, 0.5) is 10.5 Å². The molecular weight excluding hydrogens is 374 g/mol. The maximum Gasteiger partial charge on any atom is 0.322 e. The highest BCUT2D eigenvalue weighted by Gasteiger charge is 2.32. The standard InChI is InChI=1S/C22H24ClN3O2/c1-14-2-7-18(12-20(14)23)25-22(28)26(19-10-11-19)13-15-3-5-16(6-4-15)21(27)24-17-8-9-17/h2-7,12,17,19H,8-11,13H2,1H3,(H,24,27)(H,25,28). The van der Waals surface area contributed by atoms with Crippen molar-refractivity contribution in [2.45, 2.75) is 51.2 Å². The molecule has 2 aliphatic carbocycles. The van der Waals surface area contributed by atoms with Crippen LogP contribution in [0.2, 0.25) is 5.02 Å². The highest BCUT2D eigenvalue weighted by Crippen LogP contribution is 2.29. The fraction of sp³-hybridized carbons (Fsp3) is 0.364. The largest absolute Gasteiger partial charge is 0.349 e. The van der Waals surface area contributed by atoms with Crippen LogP contribution in [0.15, 0.2) is 42.5 Å². The summed E-state index contributed by atoms with van der Waals surface area (Å²) < 4.78 is 0. The number of anilines is 1. The first-order valence-electron chi connectivity index (χ1n) is 9.73. The molecule has 0 spiro atoms. The third-order valence-electron chi connectivity index (χ3n) is 5.15. The molecular formula is C22H24ClN3O2. The molecule has 4 rings (SSSR count). The third kappa shape index (κ3) is 4.65. The van der Waals surface area contributed by atoms with Gasteiger partial charge in [-0.05, 0) is 68.0 Å². The predicted octanol–water partition coefficient (Wildman–Crippen LogP) is 4.74. The summed E-state index contributed by atoms with van der Waals surface area (Å²) in [5.74, 6) is -0.0258. The van der Waals surface area contributed by atoms with Gasteiger partial charge >= 0.3 is 6.03 Å². The van der Waals surface area contributed by atoms with Gasteiger partial charge in [0.25, 0.3) is 5.91 Å². The first-order chi connectivity index (χ1) is 13.5. The molecule has 2 fully saturated rings. The predicted molar refractivity (Wildman–Crippen MR) is 111 cm³/mol. The van der Waals surface area contributed by atoms with Crippen molar-refractivity contribution in [2.24, 2.45) is 0 Å². The Balaban J connectivity index is 1.40. The summed E-state index contributed by atoms with van der Waals surface area (Å²) in [6.45, 7) is 2.44. The molecule has 2 saturated carbocycles. The van der Waals surface area contributed by atoms with Crippen molar-refractivity contribution in [3.05, 3.63) is 64.2 Å². The van der Waals surface area contributed by atoms with Gasteiger partial charge in [-0.3, -0.25) is 4.79 Å². The Morgan fingerprint density at radius 1 is 1.07 bits per heavy atom. The Morgan fingerprint density at radius 2 is 1.79 bits per heavy atom. The van der Waals surface area contributed by atoms with E-state index in [2.05, 4.69) is 10.6 Å². The summed E-state index contributed by atoms with van der Waals surface area (Å²) in [6, 6.07) is 13.5. The molecule has 0 heterocycles. The maximum atomic E-state index is 12.8. The Morgan fingerprint density at radius 3 is 2.39 bits per heavy atom. The van der Waals surface area contributed by atoms with Crippen molar-refractivity contribution in [1.82, 2.24) is 10.2 Å².